The molecule has 0 spiro atoms. The Morgan fingerprint density at radius 2 is 0.846 bits per heavy atom. The van der Waals surface area contributed by atoms with Crippen LogP contribution in [-0.2, 0) is 63.8 Å². The van der Waals surface area contributed by atoms with Gasteiger partial charge in [0, 0.05) is 94.3 Å². The minimum Gasteiger partial charge on any atom is -0.508 e. The van der Waals surface area contributed by atoms with Gasteiger partial charge in [-0.05, 0) is 95.1 Å². The van der Waals surface area contributed by atoms with Crippen molar-refractivity contribution in [2.24, 2.45) is 5.73 Å². The van der Waals surface area contributed by atoms with Gasteiger partial charge in [0.1, 0.15) is 48.4 Å². The average molecular weight is 1090 g/mol. The smallest absolute Gasteiger partial charge is 0.326 e. The summed E-state index contributed by atoms with van der Waals surface area (Å²) in [5.74, 6) is -1.98. The number of amides is 3. The molecule has 14 N–H and O–H groups in total. The highest BCUT2D eigenvalue weighted by Gasteiger charge is 2.25. The number of phenolic OH excluding ortho intramolecular Hbond substituents is 4. The molecule has 4 aromatic carbocycles. The van der Waals surface area contributed by atoms with Crippen molar-refractivity contribution in [3.8, 4) is 23.0 Å². The Morgan fingerprint density at radius 3 is 1.23 bits per heavy atom. The first-order valence-electron chi connectivity index (χ1n) is 24.6. The summed E-state index contributed by atoms with van der Waals surface area (Å²) in [6.45, 7) is 2.17. The van der Waals surface area contributed by atoms with E-state index in [1.54, 1.807) is 91.5 Å². The van der Waals surface area contributed by atoms with Gasteiger partial charge in [0.05, 0.1) is 65.7 Å². The lowest BCUT2D eigenvalue weighted by Crippen LogP contribution is -2.49. The van der Waals surface area contributed by atoms with Gasteiger partial charge < -0.3 is 86.1 Å². The molecule has 4 heterocycles. The van der Waals surface area contributed by atoms with E-state index in [0.29, 0.717) is 53.8 Å². The second kappa shape index (κ2) is 31.1. The number of hydrogen-bond acceptors (Lipinski definition) is 13. The highest BCUT2D eigenvalue weighted by Crippen LogP contribution is 2.27. The number of phenols is 4. The molecule has 3 amide bonds. The number of fused-ring (bicyclic) bond motifs is 4. The summed E-state index contributed by atoms with van der Waals surface area (Å²) in [5, 5.41) is 59.7. The number of ether oxygens (including phenoxy) is 4. The number of hydrogen-bond donors (Lipinski definition) is 13. The zero-order valence-corrected chi connectivity index (χ0v) is 42.0. The maximum atomic E-state index is 13.1. The zero-order chi connectivity index (χ0) is 55.1. The van der Waals surface area contributed by atoms with Crippen LogP contribution in [0.25, 0.3) is 43.6 Å². The molecule has 0 fully saturated rings. The normalized spacial score (nSPS) is 11.8. The summed E-state index contributed by atoms with van der Waals surface area (Å²) in [4.78, 5) is 62.6. The van der Waals surface area contributed by atoms with Crippen molar-refractivity contribution >= 4 is 67.3 Å². The fraction of sp³-hybridized carbons (Fsp3) is 0.345. The van der Waals surface area contributed by atoms with Crippen molar-refractivity contribution in [3.63, 3.8) is 0 Å². The molecule has 0 bridgehead atoms. The number of carboxylic acid groups (broad SMARTS) is 1. The lowest BCUT2D eigenvalue weighted by atomic mass is 10.0. The monoisotopic (exact) mass is 1090 g/mol. The number of aromatic nitrogens is 4. The topological polar surface area (TPSA) is 332 Å². The van der Waals surface area contributed by atoms with E-state index in [1.165, 1.54) is 6.07 Å². The van der Waals surface area contributed by atoms with Gasteiger partial charge in [-0.25, -0.2) is 13.6 Å². The fourth-order valence-corrected chi connectivity index (χ4v) is 8.19. The number of nitrogens with two attached hydrogens (primary N) is 1. The number of carbonyl (C=O) groups is 4. The number of aliphatic carboxylic acids is 1. The van der Waals surface area contributed by atoms with Crippen LogP contribution >= 0.6 is 0 Å². The lowest BCUT2D eigenvalue weighted by Gasteiger charge is -2.18. The van der Waals surface area contributed by atoms with Gasteiger partial charge >= 0.3 is 5.97 Å². The molecule has 8 aromatic rings. The molecule has 0 radical (unpaired) electrons. The Labute approximate surface area is 447 Å². The molecule has 78 heavy (non-hydrogen) atoms. The van der Waals surface area contributed by atoms with Crippen LogP contribution in [-0.4, -0.2) is 161 Å². The number of aromatic amines is 4. The molecule has 4 aromatic heterocycles. The predicted octanol–water partition coefficient (Wildman–Crippen LogP) is 5.45. The van der Waals surface area contributed by atoms with E-state index < -0.39 is 37.3 Å². The van der Waals surface area contributed by atoms with Crippen LogP contribution in [0.4, 0.5) is 8.78 Å². The van der Waals surface area contributed by atoms with Crippen molar-refractivity contribution in [2.75, 3.05) is 79.3 Å². The average Bonchev–Trinajstić information content (AvgIpc) is 4.28. The first-order valence-corrected chi connectivity index (χ1v) is 24.6. The molecule has 0 aliphatic heterocycles. The van der Waals surface area contributed by atoms with Crippen LogP contribution in [0.2, 0.25) is 0 Å². The van der Waals surface area contributed by atoms with Crippen molar-refractivity contribution in [2.45, 2.75) is 45.2 Å². The predicted molar refractivity (Wildman–Crippen MR) is 290 cm³/mol. The third-order valence-corrected chi connectivity index (χ3v) is 11.8. The molecule has 420 valence electrons. The molecule has 2 atom stereocenters. The minimum atomic E-state index is -1.15. The van der Waals surface area contributed by atoms with Crippen LogP contribution < -0.4 is 21.7 Å². The number of carbonyl (C=O) groups excluding carboxylic acids is 3. The van der Waals surface area contributed by atoms with E-state index in [1.807, 2.05) is 0 Å². The number of benzene rings is 4. The lowest BCUT2D eigenvalue weighted by molar-refractivity contribution is -0.141. The summed E-state index contributed by atoms with van der Waals surface area (Å²) < 4.78 is 43.6. The van der Waals surface area contributed by atoms with Gasteiger partial charge in [-0.1, -0.05) is 7.43 Å². The molecular weight excluding hydrogens is 1020 g/mol. The van der Waals surface area contributed by atoms with Gasteiger partial charge in [-0.15, -0.1) is 0 Å². The van der Waals surface area contributed by atoms with Crippen molar-refractivity contribution in [1.82, 2.24) is 35.9 Å². The van der Waals surface area contributed by atoms with E-state index in [2.05, 4.69) is 35.9 Å². The molecule has 0 unspecified atom stereocenters. The Hall–Kier alpha value is -8.22. The SMILES string of the molecule is C.NCCOCCOCCF.O=C(Cc1c[nH]c2ccc(O)cc12)N[C@@H](Cc1c[nH]c2ccc(O)cc12)C(=O)NCCOCCOCCF.O=C(Cc1c[nH]c2ccc(O)cc12)N[C@@H](Cc1c[nH]c2ccc(O)cc12)C(=O)O. The summed E-state index contributed by atoms with van der Waals surface area (Å²) in [5.41, 5.74) is 11.1. The zero-order valence-electron chi connectivity index (χ0n) is 42.0. The molecule has 0 saturated carbocycles. The van der Waals surface area contributed by atoms with Crippen molar-refractivity contribution in [1.29, 1.82) is 0 Å². The number of halogens is 2. The summed E-state index contributed by atoms with van der Waals surface area (Å²) in [6.07, 6.45) is 7.03. The summed E-state index contributed by atoms with van der Waals surface area (Å²) >= 11 is 0. The van der Waals surface area contributed by atoms with E-state index >= 15 is 0 Å². The molecule has 21 nitrogen and oxygen atoms in total. The first kappa shape index (κ1) is 60.6. The van der Waals surface area contributed by atoms with Crippen molar-refractivity contribution < 1.29 is 72.4 Å². The molecule has 8 rings (SSSR count). The minimum absolute atomic E-state index is 0. The summed E-state index contributed by atoms with van der Waals surface area (Å²) in [7, 11) is 0. The number of alkyl halides is 2. The molecule has 0 aliphatic rings. The van der Waals surface area contributed by atoms with Gasteiger partial charge in [0.25, 0.3) is 0 Å². The number of H-pyrrole nitrogens is 4. The Bertz CT molecular complexity index is 3170. The van der Waals surface area contributed by atoms with Gasteiger partial charge in [0.15, 0.2) is 0 Å². The van der Waals surface area contributed by atoms with Gasteiger partial charge in [-0.3, -0.25) is 14.4 Å². The van der Waals surface area contributed by atoms with Gasteiger partial charge in [0.2, 0.25) is 17.7 Å². The molecule has 0 saturated heterocycles. The Morgan fingerprint density at radius 1 is 0.500 bits per heavy atom. The molecule has 23 heteroatoms. The van der Waals surface area contributed by atoms with Crippen molar-refractivity contribution in [3.05, 3.63) is 120 Å². The maximum absolute atomic E-state index is 13.1. The van der Waals surface area contributed by atoms with Crippen LogP contribution in [0.1, 0.15) is 29.7 Å². The Balaban J connectivity index is 0.000000247. The number of aromatic hydroxyl groups is 4. The molecule has 0 aliphatic carbocycles. The van der Waals surface area contributed by atoms with E-state index in [4.69, 9.17) is 24.7 Å². The second-order valence-electron chi connectivity index (χ2n) is 17.4. The second-order valence-corrected chi connectivity index (χ2v) is 17.4. The van der Waals surface area contributed by atoms with Crippen LogP contribution in [0.15, 0.2) is 97.6 Å². The van der Waals surface area contributed by atoms with E-state index in [0.717, 1.165) is 38.4 Å². The largest absolute Gasteiger partial charge is 0.508 e. The fourth-order valence-electron chi connectivity index (χ4n) is 8.19. The summed E-state index contributed by atoms with van der Waals surface area (Å²) in [6, 6.07) is 17.4. The third kappa shape index (κ3) is 18.2. The van der Waals surface area contributed by atoms with E-state index in [9.17, 15) is 53.5 Å². The number of rotatable bonds is 27. The number of carboxylic acids is 1. The quantitative estimate of drug-likeness (QED) is 0.0285. The van der Waals surface area contributed by atoms with Crippen LogP contribution in [0, 0.1) is 0 Å². The van der Waals surface area contributed by atoms with Gasteiger partial charge in [-0.2, -0.15) is 0 Å². The Kier molecular flexibility index (Phi) is 24.2. The maximum Gasteiger partial charge on any atom is 0.326 e. The van der Waals surface area contributed by atoms with Crippen LogP contribution in [0.5, 0.6) is 23.0 Å². The third-order valence-electron chi connectivity index (χ3n) is 11.8. The van der Waals surface area contributed by atoms with E-state index in [-0.39, 0.29) is 108 Å². The highest BCUT2D eigenvalue weighted by molar-refractivity contribution is 5.94. The van der Waals surface area contributed by atoms with Crippen LogP contribution in [0.3, 0.4) is 0 Å². The standard InChI is InChI=1S/C27H31FN4O6.C21H19N3O5.C6H14FNO2.CH4/c28-5-7-37-9-10-38-8-6-29-27(36)25(11-17-15-30-23-3-1-19(33)13-21(17)23)32-26(35)12-18-16-31-24-4-2-20(34)14-22(18)24;25-13-1-3-17-15(7-13)11(9-22-17)5-19(21(28)29)24-20(27)6-12-10-23-18-4-2-14(26)8-16(12)18;7-1-3-9-5-6-10-4-2-8;/h1-4,13-16,25,30-31,33-34H,5-12H2,(H,29,36)(H,32,35);1-4,7-10,19,22-23,25-26H,5-6H2,(H,24,27)(H,28,29);1-6,8H2;1H4/t25-;19-;;/m00../s1. The highest BCUT2D eigenvalue weighted by atomic mass is 19.1. The first-order chi connectivity index (χ1) is 37.3. The number of nitrogens with one attached hydrogen (secondary N) is 7. The molecular formula is C55H68F2N8O13.